The minimum Gasteiger partial charge on any atom is -0.361 e. The normalized spacial score (nSPS) is 17.6. The van der Waals surface area contributed by atoms with Gasteiger partial charge in [-0.2, -0.15) is 0 Å². The zero-order chi connectivity index (χ0) is 24.4. The Bertz CT molecular complexity index is 1350. The largest absolute Gasteiger partial charge is 0.361 e. The molecule has 2 unspecified atom stereocenters. The maximum Gasteiger partial charge on any atom is 0.254 e. The van der Waals surface area contributed by atoms with E-state index in [-0.39, 0.29) is 11.8 Å². The van der Waals surface area contributed by atoms with Gasteiger partial charge in [-0.05, 0) is 30.3 Å². The molecular weight excluding hydrogens is 436 g/mol. The molecule has 6 heteroatoms. The molecule has 1 aliphatic heterocycles. The molecule has 2 heterocycles. The fraction of sp³-hybridized carbons (Fsp3) is 0.241. The molecule has 2 amide bonds. The first-order chi connectivity index (χ1) is 17.0. The fourth-order valence-corrected chi connectivity index (χ4v) is 5.14. The van der Waals surface area contributed by atoms with Gasteiger partial charge < -0.3 is 20.1 Å². The molecule has 178 valence electrons. The first-order valence-corrected chi connectivity index (χ1v) is 12.0. The minimum absolute atomic E-state index is 0.0671. The van der Waals surface area contributed by atoms with Crippen LogP contribution in [0.3, 0.4) is 0 Å². The molecule has 4 aromatic rings. The summed E-state index contributed by atoms with van der Waals surface area (Å²) in [5, 5.41) is 4.18. The Morgan fingerprint density at radius 1 is 0.971 bits per heavy atom. The predicted molar refractivity (Wildman–Crippen MR) is 138 cm³/mol. The summed E-state index contributed by atoms with van der Waals surface area (Å²) < 4.78 is 0. The van der Waals surface area contributed by atoms with E-state index in [1.165, 1.54) is 5.56 Å². The van der Waals surface area contributed by atoms with Gasteiger partial charge in [-0.3, -0.25) is 9.59 Å². The number of hydrogen-bond acceptors (Lipinski definition) is 3. The van der Waals surface area contributed by atoms with Crippen LogP contribution in [0.25, 0.3) is 10.9 Å². The third kappa shape index (κ3) is 4.45. The van der Waals surface area contributed by atoms with Crippen LogP contribution >= 0.6 is 0 Å². The Morgan fingerprint density at radius 2 is 1.69 bits per heavy atom. The van der Waals surface area contributed by atoms with Gasteiger partial charge in [0, 0.05) is 54.9 Å². The molecule has 3 aromatic carbocycles. The topological polar surface area (TPSA) is 68.4 Å². The van der Waals surface area contributed by atoms with Crippen molar-refractivity contribution in [2.45, 2.75) is 18.5 Å². The molecule has 1 aliphatic rings. The molecule has 0 fully saturated rings. The van der Waals surface area contributed by atoms with Crippen LogP contribution in [-0.2, 0) is 11.3 Å². The van der Waals surface area contributed by atoms with Crippen molar-refractivity contribution >= 4 is 22.7 Å². The SMILES string of the molecule is CN(CCNC(=O)C1c2ccccc2C(=O)N(C)C1c1c[nH]c2ccccc12)Cc1ccccc1. The van der Waals surface area contributed by atoms with Crippen molar-refractivity contribution in [3.8, 4) is 0 Å². The Hall–Kier alpha value is -3.90. The summed E-state index contributed by atoms with van der Waals surface area (Å²) >= 11 is 0. The second kappa shape index (κ2) is 9.76. The number of aromatic nitrogens is 1. The highest BCUT2D eigenvalue weighted by atomic mass is 16.2. The van der Waals surface area contributed by atoms with Crippen LogP contribution < -0.4 is 5.32 Å². The number of nitrogens with one attached hydrogen (secondary N) is 2. The Kier molecular flexibility index (Phi) is 6.38. The van der Waals surface area contributed by atoms with Gasteiger partial charge in [0.2, 0.25) is 5.91 Å². The van der Waals surface area contributed by atoms with E-state index < -0.39 is 12.0 Å². The smallest absolute Gasteiger partial charge is 0.254 e. The summed E-state index contributed by atoms with van der Waals surface area (Å²) in [6.45, 7) is 2.07. The highest BCUT2D eigenvalue weighted by molar-refractivity contribution is 6.02. The van der Waals surface area contributed by atoms with E-state index >= 15 is 0 Å². The molecule has 0 bridgehead atoms. The van der Waals surface area contributed by atoms with Gasteiger partial charge in [0.25, 0.3) is 5.91 Å². The van der Waals surface area contributed by atoms with Gasteiger partial charge in [0.1, 0.15) is 0 Å². The maximum atomic E-state index is 13.7. The standard InChI is InChI=1S/C29H30N4O2/c1-32(19-20-10-4-3-5-11-20)17-16-30-28(34)26-22-13-6-7-14-23(22)29(35)33(2)27(26)24-18-31-25-15-9-8-12-21(24)25/h3-15,18,26-27,31H,16-17,19H2,1-2H3,(H,30,34). The summed E-state index contributed by atoms with van der Waals surface area (Å²) in [7, 11) is 3.84. The molecule has 2 atom stereocenters. The molecule has 2 N–H and O–H groups in total. The Balaban J connectivity index is 1.40. The first-order valence-electron chi connectivity index (χ1n) is 12.0. The molecule has 35 heavy (non-hydrogen) atoms. The van der Waals surface area contributed by atoms with E-state index in [0.29, 0.717) is 12.1 Å². The summed E-state index contributed by atoms with van der Waals surface area (Å²) in [5.41, 5.74) is 4.55. The second-order valence-corrected chi connectivity index (χ2v) is 9.23. The van der Waals surface area contributed by atoms with Gasteiger partial charge in [0.15, 0.2) is 0 Å². The van der Waals surface area contributed by atoms with Crippen molar-refractivity contribution in [1.82, 2.24) is 20.1 Å². The number of aromatic amines is 1. The van der Waals surface area contributed by atoms with Crippen molar-refractivity contribution < 1.29 is 9.59 Å². The summed E-state index contributed by atoms with van der Waals surface area (Å²) in [6.07, 6.45) is 1.93. The van der Waals surface area contributed by atoms with Crippen molar-refractivity contribution in [3.63, 3.8) is 0 Å². The van der Waals surface area contributed by atoms with Crippen LogP contribution in [0, 0.1) is 0 Å². The highest BCUT2D eigenvalue weighted by Crippen LogP contribution is 2.44. The molecule has 0 spiro atoms. The first kappa shape index (κ1) is 22.9. The van der Waals surface area contributed by atoms with Crippen molar-refractivity contribution in [2.75, 3.05) is 27.2 Å². The lowest BCUT2D eigenvalue weighted by molar-refractivity contribution is -0.124. The average molecular weight is 467 g/mol. The van der Waals surface area contributed by atoms with E-state index in [9.17, 15) is 9.59 Å². The summed E-state index contributed by atoms with van der Waals surface area (Å²) in [5.74, 6) is -0.643. The Labute approximate surface area is 205 Å². The number of carbonyl (C=O) groups is 2. The van der Waals surface area contributed by atoms with Crippen LogP contribution in [0.15, 0.2) is 85.1 Å². The van der Waals surface area contributed by atoms with Gasteiger partial charge in [-0.1, -0.05) is 66.7 Å². The van der Waals surface area contributed by atoms with Gasteiger partial charge >= 0.3 is 0 Å². The number of H-pyrrole nitrogens is 1. The van der Waals surface area contributed by atoms with Crippen LogP contribution in [0.5, 0.6) is 0 Å². The molecule has 6 nitrogen and oxygen atoms in total. The second-order valence-electron chi connectivity index (χ2n) is 9.23. The Morgan fingerprint density at radius 3 is 2.51 bits per heavy atom. The molecule has 0 saturated heterocycles. The lowest BCUT2D eigenvalue weighted by Crippen LogP contribution is -2.46. The molecule has 1 aromatic heterocycles. The number of hydrogen-bond donors (Lipinski definition) is 2. The minimum atomic E-state index is -0.507. The number of nitrogens with zero attached hydrogens (tertiary/aromatic N) is 2. The monoisotopic (exact) mass is 466 g/mol. The number of para-hydroxylation sites is 1. The maximum absolute atomic E-state index is 13.7. The molecular formula is C29H30N4O2. The number of rotatable bonds is 7. The number of carbonyl (C=O) groups excluding carboxylic acids is 2. The van der Waals surface area contributed by atoms with Crippen LogP contribution in [0.2, 0.25) is 0 Å². The number of amides is 2. The zero-order valence-electron chi connectivity index (χ0n) is 20.1. The lowest BCUT2D eigenvalue weighted by Gasteiger charge is -2.39. The summed E-state index contributed by atoms with van der Waals surface area (Å²) in [6, 6.07) is 25.4. The highest BCUT2D eigenvalue weighted by Gasteiger charge is 2.43. The number of benzene rings is 3. The molecule has 5 rings (SSSR count). The van der Waals surface area contributed by atoms with Gasteiger partial charge in [-0.25, -0.2) is 0 Å². The van der Waals surface area contributed by atoms with Crippen LogP contribution in [0.4, 0.5) is 0 Å². The van der Waals surface area contributed by atoms with E-state index in [2.05, 4.69) is 34.4 Å². The van der Waals surface area contributed by atoms with Gasteiger partial charge in [0.05, 0.1) is 12.0 Å². The lowest BCUT2D eigenvalue weighted by atomic mass is 9.79. The van der Waals surface area contributed by atoms with Crippen molar-refractivity contribution in [1.29, 1.82) is 0 Å². The third-order valence-corrected chi connectivity index (χ3v) is 6.89. The van der Waals surface area contributed by atoms with Crippen LogP contribution in [-0.4, -0.2) is 53.8 Å². The van der Waals surface area contributed by atoms with E-state index in [4.69, 9.17) is 0 Å². The fourth-order valence-electron chi connectivity index (χ4n) is 5.14. The van der Waals surface area contributed by atoms with E-state index in [0.717, 1.165) is 35.1 Å². The van der Waals surface area contributed by atoms with E-state index in [1.54, 1.807) is 11.9 Å². The molecule has 0 aliphatic carbocycles. The average Bonchev–Trinajstić information content (AvgIpc) is 3.30. The van der Waals surface area contributed by atoms with Crippen LogP contribution in [0.1, 0.15) is 39.0 Å². The molecule has 0 saturated carbocycles. The van der Waals surface area contributed by atoms with Crippen molar-refractivity contribution in [2.24, 2.45) is 0 Å². The van der Waals surface area contributed by atoms with Crippen molar-refractivity contribution in [3.05, 3.63) is 107 Å². The zero-order valence-corrected chi connectivity index (χ0v) is 20.1. The quantitative estimate of drug-likeness (QED) is 0.426. The molecule has 0 radical (unpaired) electrons. The third-order valence-electron chi connectivity index (χ3n) is 6.89. The number of fused-ring (bicyclic) bond motifs is 2. The predicted octanol–water partition coefficient (Wildman–Crippen LogP) is 4.33. The number of likely N-dealkylation sites (N-methyl/N-ethyl adjacent to an activating group) is 2. The van der Waals surface area contributed by atoms with Gasteiger partial charge in [-0.15, -0.1) is 0 Å². The van der Waals surface area contributed by atoms with E-state index in [1.807, 2.05) is 72.9 Å². The summed E-state index contributed by atoms with van der Waals surface area (Å²) in [4.78, 5) is 34.2.